The van der Waals surface area contributed by atoms with Crippen LogP contribution in [0, 0.1) is 5.92 Å². The number of carbonyl (C=O) groups excluding carboxylic acids is 1. The maximum absolute atomic E-state index is 12.6. The molecule has 1 amide bonds. The summed E-state index contributed by atoms with van der Waals surface area (Å²) in [5.74, 6) is 1.88. The van der Waals surface area contributed by atoms with Gasteiger partial charge in [0.2, 0.25) is 0 Å². The van der Waals surface area contributed by atoms with E-state index in [4.69, 9.17) is 9.47 Å². The number of ether oxygens (including phenoxy) is 2. The molecule has 3 rings (SSSR count). The van der Waals surface area contributed by atoms with Crippen LogP contribution in [0.5, 0.6) is 11.5 Å². The predicted octanol–water partition coefficient (Wildman–Crippen LogP) is 2.07. The zero-order valence-corrected chi connectivity index (χ0v) is 15.3. The van der Waals surface area contributed by atoms with Crippen LogP contribution in [0.3, 0.4) is 0 Å². The topological polar surface area (TPSA) is 79.5 Å². The van der Waals surface area contributed by atoms with E-state index < -0.39 is 0 Å². The molecular weight excluding hydrogens is 332 g/mol. The van der Waals surface area contributed by atoms with Crippen molar-refractivity contribution in [2.24, 2.45) is 5.92 Å². The van der Waals surface area contributed by atoms with E-state index in [1.807, 2.05) is 31.3 Å². The fraction of sp³-hybridized carbons (Fsp3) is 0.474. The van der Waals surface area contributed by atoms with Crippen LogP contribution in [0.15, 0.2) is 30.3 Å². The Morgan fingerprint density at radius 3 is 2.96 bits per heavy atom. The number of aromatic nitrogens is 2. The van der Waals surface area contributed by atoms with E-state index in [-0.39, 0.29) is 5.91 Å². The summed E-state index contributed by atoms with van der Waals surface area (Å²) >= 11 is 0. The van der Waals surface area contributed by atoms with Gasteiger partial charge >= 0.3 is 0 Å². The number of methoxy groups -OCH3 is 1. The normalized spacial score (nSPS) is 16.9. The molecule has 2 heterocycles. The Morgan fingerprint density at radius 1 is 1.35 bits per heavy atom. The van der Waals surface area contributed by atoms with Gasteiger partial charge in [0.1, 0.15) is 18.1 Å². The molecule has 0 radical (unpaired) electrons. The number of nitrogens with zero attached hydrogens (tertiary/aromatic N) is 2. The van der Waals surface area contributed by atoms with Crippen LogP contribution in [-0.2, 0) is 6.61 Å². The number of hydrogen-bond donors (Lipinski definition) is 2. The van der Waals surface area contributed by atoms with Gasteiger partial charge in [0, 0.05) is 19.7 Å². The number of hydrogen-bond acceptors (Lipinski definition) is 5. The molecule has 1 aliphatic heterocycles. The summed E-state index contributed by atoms with van der Waals surface area (Å²) in [6.45, 7) is 3.10. The number of nitrogens with one attached hydrogen (secondary N) is 2. The second-order valence-corrected chi connectivity index (χ2v) is 6.64. The molecule has 1 aromatic carbocycles. The molecule has 1 saturated heterocycles. The van der Waals surface area contributed by atoms with Gasteiger partial charge in [0.15, 0.2) is 5.69 Å². The van der Waals surface area contributed by atoms with Crippen LogP contribution in [-0.4, -0.2) is 54.8 Å². The van der Waals surface area contributed by atoms with Gasteiger partial charge in [-0.15, -0.1) is 0 Å². The lowest BCUT2D eigenvalue weighted by atomic mass is 9.99. The van der Waals surface area contributed by atoms with E-state index in [1.165, 1.54) is 6.42 Å². The maximum atomic E-state index is 12.6. The standard InChI is InChI=1S/C19H26N4O3/c1-23(12-14-5-4-8-20-11-14)19(24)18-9-15(21-22-18)13-26-17-7-3-6-16(10-17)25-2/h3,6-7,9-10,14,20H,4-5,8,11-13H2,1-2H3,(H,21,22)/t14-/m0/s1. The second-order valence-electron chi connectivity index (χ2n) is 6.64. The minimum atomic E-state index is -0.0700. The lowest BCUT2D eigenvalue weighted by Crippen LogP contribution is -2.39. The van der Waals surface area contributed by atoms with E-state index in [2.05, 4.69) is 15.5 Å². The van der Waals surface area contributed by atoms with Gasteiger partial charge in [-0.25, -0.2) is 0 Å². The Bertz CT molecular complexity index is 725. The molecule has 1 atom stereocenters. The van der Waals surface area contributed by atoms with Crippen molar-refractivity contribution < 1.29 is 14.3 Å². The van der Waals surface area contributed by atoms with Crippen molar-refractivity contribution in [1.29, 1.82) is 0 Å². The van der Waals surface area contributed by atoms with Gasteiger partial charge < -0.3 is 19.7 Å². The van der Waals surface area contributed by atoms with Crippen LogP contribution in [0.2, 0.25) is 0 Å². The van der Waals surface area contributed by atoms with Gasteiger partial charge in [-0.3, -0.25) is 9.89 Å². The zero-order chi connectivity index (χ0) is 18.4. The molecule has 2 aromatic rings. The minimum Gasteiger partial charge on any atom is -0.497 e. The Morgan fingerprint density at radius 2 is 2.19 bits per heavy atom. The molecule has 1 aliphatic rings. The predicted molar refractivity (Wildman–Crippen MR) is 98.5 cm³/mol. The minimum absolute atomic E-state index is 0.0700. The first-order valence-corrected chi connectivity index (χ1v) is 8.93. The van der Waals surface area contributed by atoms with Crippen molar-refractivity contribution >= 4 is 5.91 Å². The Hall–Kier alpha value is -2.54. The SMILES string of the molecule is COc1cccc(OCc2cc(C(=O)N(C)C[C@H]3CCCNC3)n[nH]2)c1. The third-order valence-corrected chi connectivity index (χ3v) is 4.56. The third kappa shape index (κ3) is 4.76. The van der Waals surface area contributed by atoms with Crippen LogP contribution in [0.1, 0.15) is 29.0 Å². The maximum Gasteiger partial charge on any atom is 0.274 e. The summed E-state index contributed by atoms with van der Waals surface area (Å²) in [6, 6.07) is 9.14. The van der Waals surface area contributed by atoms with E-state index in [0.717, 1.165) is 37.5 Å². The highest BCUT2D eigenvalue weighted by atomic mass is 16.5. The third-order valence-electron chi connectivity index (χ3n) is 4.56. The van der Waals surface area contributed by atoms with Crippen molar-refractivity contribution in [2.75, 3.05) is 33.8 Å². The van der Waals surface area contributed by atoms with Crippen LogP contribution in [0.25, 0.3) is 0 Å². The fourth-order valence-corrected chi connectivity index (χ4v) is 3.14. The molecule has 2 N–H and O–H groups in total. The van der Waals surface area contributed by atoms with Gasteiger partial charge in [-0.2, -0.15) is 5.10 Å². The molecule has 0 saturated carbocycles. The van der Waals surface area contributed by atoms with Crippen molar-refractivity contribution in [3.63, 3.8) is 0 Å². The number of piperidine rings is 1. The van der Waals surface area contributed by atoms with Crippen molar-refractivity contribution in [3.8, 4) is 11.5 Å². The highest BCUT2D eigenvalue weighted by Crippen LogP contribution is 2.20. The first-order chi connectivity index (χ1) is 12.7. The first-order valence-electron chi connectivity index (χ1n) is 8.93. The molecule has 1 aromatic heterocycles. The molecule has 0 aliphatic carbocycles. The average molecular weight is 358 g/mol. The second kappa shape index (κ2) is 8.71. The summed E-state index contributed by atoms with van der Waals surface area (Å²) in [7, 11) is 3.45. The molecule has 26 heavy (non-hydrogen) atoms. The van der Waals surface area contributed by atoms with E-state index in [0.29, 0.717) is 24.0 Å². The van der Waals surface area contributed by atoms with Crippen LogP contribution in [0.4, 0.5) is 0 Å². The Kier molecular flexibility index (Phi) is 6.12. The summed E-state index contributed by atoms with van der Waals surface area (Å²) in [6.07, 6.45) is 2.33. The molecular formula is C19H26N4O3. The monoisotopic (exact) mass is 358 g/mol. The number of rotatable bonds is 7. The molecule has 1 fully saturated rings. The lowest BCUT2D eigenvalue weighted by molar-refractivity contribution is 0.0759. The zero-order valence-electron chi connectivity index (χ0n) is 15.3. The van der Waals surface area contributed by atoms with Gasteiger partial charge in [0.05, 0.1) is 12.8 Å². The van der Waals surface area contributed by atoms with Crippen molar-refractivity contribution in [1.82, 2.24) is 20.4 Å². The van der Waals surface area contributed by atoms with E-state index in [1.54, 1.807) is 18.1 Å². The van der Waals surface area contributed by atoms with E-state index in [9.17, 15) is 4.79 Å². The van der Waals surface area contributed by atoms with Gasteiger partial charge in [-0.05, 0) is 50.0 Å². The van der Waals surface area contributed by atoms with E-state index >= 15 is 0 Å². The summed E-state index contributed by atoms with van der Waals surface area (Å²) in [5, 5.41) is 10.4. The van der Waals surface area contributed by atoms with Crippen LogP contribution < -0.4 is 14.8 Å². The highest BCUT2D eigenvalue weighted by Gasteiger charge is 2.20. The average Bonchev–Trinajstić information content (AvgIpc) is 3.15. The smallest absolute Gasteiger partial charge is 0.274 e. The Labute approximate surface area is 153 Å². The van der Waals surface area contributed by atoms with Crippen LogP contribution >= 0.6 is 0 Å². The highest BCUT2D eigenvalue weighted by molar-refractivity contribution is 5.92. The fourth-order valence-electron chi connectivity index (χ4n) is 3.14. The van der Waals surface area contributed by atoms with Gasteiger partial charge in [0.25, 0.3) is 5.91 Å². The van der Waals surface area contributed by atoms with Crippen molar-refractivity contribution in [2.45, 2.75) is 19.4 Å². The molecule has 7 heteroatoms. The Balaban J connectivity index is 1.53. The number of aromatic amines is 1. The number of benzene rings is 1. The number of H-pyrrole nitrogens is 1. The number of amides is 1. The molecule has 7 nitrogen and oxygen atoms in total. The quantitative estimate of drug-likeness (QED) is 0.792. The summed E-state index contributed by atoms with van der Waals surface area (Å²) < 4.78 is 10.9. The van der Waals surface area contributed by atoms with Gasteiger partial charge in [-0.1, -0.05) is 6.07 Å². The lowest BCUT2D eigenvalue weighted by Gasteiger charge is -2.27. The molecule has 0 unspecified atom stereocenters. The summed E-state index contributed by atoms with van der Waals surface area (Å²) in [4.78, 5) is 14.3. The molecule has 0 spiro atoms. The first kappa shape index (κ1) is 18.3. The van der Waals surface area contributed by atoms with Crippen molar-refractivity contribution in [3.05, 3.63) is 41.7 Å². The summed E-state index contributed by atoms with van der Waals surface area (Å²) in [5.41, 5.74) is 1.17. The largest absolute Gasteiger partial charge is 0.497 e. The molecule has 140 valence electrons. The molecule has 0 bridgehead atoms. The number of carbonyl (C=O) groups is 1.